The Morgan fingerprint density at radius 2 is 2.15 bits per heavy atom. The molecule has 20 heavy (non-hydrogen) atoms. The summed E-state index contributed by atoms with van der Waals surface area (Å²) in [6.45, 7) is 6.63. The number of halogens is 1. The van der Waals surface area contributed by atoms with Gasteiger partial charge in [-0.05, 0) is 52.0 Å². The molecule has 0 aliphatic carbocycles. The van der Waals surface area contributed by atoms with Crippen molar-refractivity contribution in [1.82, 2.24) is 10.2 Å². The van der Waals surface area contributed by atoms with Crippen molar-refractivity contribution in [2.24, 2.45) is 0 Å². The predicted molar refractivity (Wildman–Crippen MR) is 77.1 cm³/mol. The first-order valence-electron chi connectivity index (χ1n) is 6.75. The fraction of sp³-hybridized carbons (Fsp3) is 0.571. The van der Waals surface area contributed by atoms with Gasteiger partial charge in [0.2, 0.25) is 5.82 Å². The highest BCUT2D eigenvalue weighted by Crippen LogP contribution is 2.17. The monoisotopic (exact) mass is 283 g/mol. The van der Waals surface area contributed by atoms with E-state index >= 15 is 0 Å². The molecule has 0 bridgehead atoms. The molecule has 6 heteroatoms. The average Bonchev–Trinajstić information content (AvgIpc) is 2.37. The highest BCUT2D eigenvalue weighted by Gasteiger charge is 2.13. The zero-order chi connectivity index (χ0) is 15.1. The second-order valence-corrected chi connectivity index (χ2v) is 5.15. The van der Waals surface area contributed by atoms with Crippen LogP contribution in [0.1, 0.15) is 25.8 Å². The Kier molecular flexibility index (Phi) is 6.54. The van der Waals surface area contributed by atoms with E-state index < -0.39 is 16.4 Å². The third-order valence-corrected chi connectivity index (χ3v) is 3.28. The summed E-state index contributed by atoms with van der Waals surface area (Å²) in [4.78, 5) is 12.0. The number of hydrogen-bond acceptors (Lipinski definition) is 4. The van der Waals surface area contributed by atoms with Crippen LogP contribution in [0, 0.1) is 15.9 Å². The smallest absolute Gasteiger partial charge is 0.304 e. The fourth-order valence-corrected chi connectivity index (χ4v) is 1.75. The maximum atomic E-state index is 13.4. The van der Waals surface area contributed by atoms with Crippen molar-refractivity contribution in [3.05, 3.63) is 39.7 Å². The van der Waals surface area contributed by atoms with Gasteiger partial charge in [-0.2, -0.15) is 4.39 Å². The molecule has 0 unspecified atom stereocenters. The SMILES string of the molecule is CC(C)N(C)CCCNCc1ccc([N+](=O)[O-])c(F)c1. The molecule has 1 aromatic carbocycles. The van der Waals surface area contributed by atoms with Crippen LogP contribution in [0.5, 0.6) is 0 Å². The first-order chi connectivity index (χ1) is 9.41. The van der Waals surface area contributed by atoms with Gasteiger partial charge in [-0.25, -0.2) is 0 Å². The van der Waals surface area contributed by atoms with Crippen molar-refractivity contribution < 1.29 is 9.31 Å². The standard InChI is InChI=1S/C14H22FN3O2/c1-11(2)17(3)8-4-7-16-10-12-5-6-14(18(19)20)13(15)9-12/h5-6,9,11,16H,4,7-8,10H2,1-3H3. The van der Waals surface area contributed by atoms with Crippen LogP contribution in [0.15, 0.2) is 18.2 Å². The van der Waals surface area contributed by atoms with Crippen molar-refractivity contribution in [2.45, 2.75) is 32.9 Å². The number of nitrogens with zero attached hydrogens (tertiary/aromatic N) is 2. The number of nitrogens with one attached hydrogen (secondary N) is 1. The van der Waals surface area contributed by atoms with Gasteiger partial charge < -0.3 is 10.2 Å². The Balaban J connectivity index is 2.32. The Hall–Kier alpha value is -1.53. The molecular formula is C14H22FN3O2. The summed E-state index contributed by atoms with van der Waals surface area (Å²) in [5.41, 5.74) is 0.234. The summed E-state index contributed by atoms with van der Waals surface area (Å²) in [6.07, 6.45) is 1.00. The first kappa shape index (κ1) is 16.5. The van der Waals surface area contributed by atoms with Crippen LogP contribution in [0.3, 0.4) is 0 Å². The number of hydrogen-bond donors (Lipinski definition) is 1. The summed E-state index contributed by atoms with van der Waals surface area (Å²) in [5, 5.41) is 13.7. The molecule has 0 saturated heterocycles. The number of nitro benzene ring substituents is 1. The van der Waals surface area contributed by atoms with Crippen LogP contribution in [0.2, 0.25) is 0 Å². The Labute approximate surface area is 118 Å². The van der Waals surface area contributed by atoms with Gasteiger partial charge in [0.25, 0.3) is 0 Å². The van der Waals surface area contributed by atoms with Crippen LogP contribution >= 0.6 is 0 Å². The van der Waals surface area contributed by atoms with Crippen molar-refractivity contribution in [1.29, 1.82) is 0 Å². The van der Waals surface area contributed by atoms with Crippen LogP contribution in [0.4, 0.5) is 10.1 Å². The third kappa shape index (κ3) is 5.22. The number of rotatable bonds is 8. The topological polar surface area (TPSA) is 58.4 Å². The molecular weight excluding hydrogens is 261 g/mol. The van der Waals surface area contributed by atoms with Crippen molar-refractivity contribution in [3.63, 3.8) is 0 Å². The summed E-state index contributed by atoms with van der Waals surface area (Å²) in [5.74, 6) is -0.783. The molecule has 1 rings (SSSR count). The van der Waals surface area contributed by atoms with Crippen LogP contribution in [-0.2, 0) is 6.54 Å². The molecule has 0 spiro atoms. The quantitative estimate of drug-likeness (QED) is 0.452. The summed E-state index contributed by atoms with van der Waals surface area (Å²) >= 11 is 0. The Morgan fingerprint density at radius 3 is 2.70 bits per heavy atom. The van der Waals surface area contributed by atoms with Crippen LogP contribution in [0.25, 0.3) is 0 Å². The number of nitro groups is 1. The van der Waals surface area contributed by atoms with Crippen molar-refractivity contribution in [3.8, 4) is 0 Å². The van der Waals surface area contributed by atoms with E-state index in [1.165, 1.54) is 12.1 Å². The second-order valence-electron chi connectivity index (χ2n) is 5.15. The van der Waals surface area contributed by atoms with Crippen LogP contribution in [-0.4, -0.2) is 36.0 Å². The lowest BCUT2D eigenvalue weighted by Gasteiger charge is -2.20. The minimum atomic E-state index is -0.783. The second kappa shape index (κ2) is 7.91. The van der Waals surface area contributed by atoms with E-state index in [4.69, 9.17) is 0 Å². The largest absolute Gasteiger partial charge is 0.313 e. The zero-order valence-electron chi connectivity index (χ0n) is 12.2. The van der Waals surface area contributed by atoms with Gasteiger partial charge in [-0.1, -0.05) is 6.07 Å². The third-order valence-electron chi connectivity index (χ3n) is 3.28. The van der Waals surface area contributed by atoms with E-state index in [1.54, 1.807) is 6.07 Å². The van der Waals surface area contributed by atoms with Crippen molar-refractivity contribution >= 4 is 5.69 Å². The molecule has 0 saturated carbocycles. The summed E-state index contributed by atoms with van der Waals surface area (Å²) < 4.78 is 13.4. The number of benzene rings is 1. The minimum Gasteiger partial charge on any atom is -0.313 e. The van der Waals surface area contributed by atoms with Crippen molar-refractivity contribution in [2.75, 3.05) is 20.1 Å². The van der Waals surface area contributed by atoms with Crippen LogP contribution < -0.4 is 5.32 Å². The lowest BCUT2D eigenvalue weighted by atomic mass is 10.2. The van der Waals surface area contributed by atoms with E-state index in [2.05, 4.69) is 31.1 Å². The molecule has 0 aliphatic heterocycles. The lowest BCUT2D eigenvalue weighted by molar-refractivity contribution is -0.387. The Morgan fingerprint density at radius 1 is 1.45 bits per heavy atom. The summed E-state index contributed by atoms with van der Waals surface area (Å²) in [6, 6.07) is 4.53. The van der Waals surface area contributed by atoms with Gasteiger partial charge in [-0.3, -0.25) is 10.1 Å². The molecule has 0 amide bonds. The predicted octanol–water partition coefficient (Wildman–Crippen LogP) is 2.55. The zero-order valence-corrected chi connectivity index (χ0v) is 12.2. The van der Waals surface area contributed by atoms with E-state index in [0.29, 0.717) is 18.2 Å². The first-order valence-corrected chi connectivity index (χ1v) is 6.75. The van der Waals surface area contributed by atoms with Gasteiger partial charge in [0.05, 0.1) is 4.92 Å². The molecule has 1 aromatic rings. The molecule has 112 valence electrons. The maximum absolute atomic E-state index is 13.4. The minimum absolute atomic E-state index is 0.479. The van der Waals surface area contributed by atoms with Gasteiger partial charge in [-0.15, -0.1) is 0 Å². The Bertz CT molecular complexity index is 452. The highest BCUT2D eigenvalue weighted by molar-refractivity contribution is 5.34. The molecule has 1 N–H and O–H groups in total. The molecule has 0 fully saturated rings. The maximum Gasteiger partial charge on any atom is 0.304 e. The fourth-order valence-electron chi connectivity index (χ4n) is 1.75. The molecule has 5 nitrogen and oxygen atoms in total. The molecule has 0 atom stereocenters. The molecule has 0 radical (unpaired) electrons. The van der Waals surface area contributed by atoms with Gasteiger partial charge >= 0.3 is 5.69 Å². The molecule has 0 aliphatic rings. The molecule has 0 aromatic heterocycles. The van der Waals surface area contributed by atoms with E-state index in [-0.39, 0.29) is 0 Å². The normalized spacial score (nSPS) is 11.3. The highest BCUT2D eigenvalue weighted by atomic mass is 19.1. The van der Waals surface area contributed by atoms with Gasteiger partial charge in [0.15, 0.2) is 0 Å². The molecule has 0 heterocycles. The van der Waals surface area contributed by atoms with Gasteiger partial charge in [0.1, 0.15) is 0 Å². The average molecular weight is 283 g/mol. The van der Waals surface area contributed by atoms with E-state index in [9.17, 15) is 14.5 Å². The van der Waals surface area contributed by atoms with E-state index in [1.807, 2.05) is 0 Å². The van der Waals surface area contributed by atoms with E-state index in [0.717, 1.165) is 19.5 Å². The van der Waals surface area contributed by atoms with Gasteiger partial charge in [0, 0.05) is 18.7 Å². The summed E-state index contributed by atoms with van der Waals surface area (Å²) in [7, 11) is 2.08. The lowest BCUT2D eigenvalue weighted by Crippen LogP contribution is -2.29.